The number of hydrogen-bond donors (Lipinski definition) is 2. The van der Waals surface area contributed by atoms with Crippen LogP contribution in [0.4, 0.5) is 4.39 Å². The third-order valence-corrected chi connectivity index (χ3v) is 4.01. The highest BCUT2D eigenvalue weighted by molar-refractivity contribution is 7.10. The Morgan fingerprint density at radius 3 is 2.86 bits per heavy atom. The maximum atomic E-state index is 13.3. The lowest BCUT2D eigenvalue weighted by atomic mass is 10.2. The molecule has 4 nitrogen and oxygen atoms in total. The van der Waals surface area contributed by atoms with E-state index in [2.05, 4.69) is 5.32 Å². The second kappa shape index (κ2) is 7.19. The van der Waals surface area contributed by atoms with Crippen LogP contribution in [0.15, 0.2) is 35.7 Å². The summed E-state index contributed by atoms with van der Waals surface area (Å²) in [6.45, 7) is 1.70. The van der Waals surface area contributed by atoms with Crippen molar-refractivity contribution in [3.63, 3.8) is 0 Å². The van der Waals surface area contributed by atoms with Gasteiger partial charge in [0.05, 0.1) is 0 Å². The number of thiophene rings is 1. The number of nitrogens with one attached hydrogen (secondary N) is 1. The molecule has 1 amide bonds. The number of aliphatic hydroxyl groups is 1. The lowest BCUT2D eigenvalue weighted by Gasteiger charge is -2.12. The van der Waals surface area contributed by atoms with Crippen LogP contribution in [0.2, 0.25) is 0 Å². The van der Waals surface area contributed by atoms with E-state index in [4.69, 9.17) is 4.74 Å². The first-order chi connectivity index (χ1) is 10.1. The van der Waals surface area contributed by atoms with E-state index in [-0.39, 0.29) is 18.9 Å². The van der Waals surface area contributed by atoms with Gasteiger partial charge in [-0.3, -0.25) is 4.79 Å². The molecule has 2 N–H and O–H groups in total. The number of halogens is 1. The van der Waals surface area contributed by atoms with Crippen LogP contribution in [0, 0.1) is 12.7 Å². The molecular weight excluding hydrogens is 293 g/mol. The molecule has 0 aliphatic heterocycles. The first-order valence-electron chi connectivity index (χ1n) is 6.44. The fourth-order valence-electron chi connectivity index (χ4n) is 1.79. The molecule has 21 heavy (non-hydrogen) atoms. The maximum absolute atomic E-state index is 13.3. The molecule has 0 saturated heterocycles. The summed E-state index contributed by atoms with van der Waals surface area (Å²) in [4.78, 5) is 12.4. The predicted octanol–water partition coefficient (Wildman–Crippen LogP) is 2.42. The van der Waals surface area contributed by atoms with Crippen LogP contribution in [0.25, 0.3) is 0 Å². The number of carbonyl (C=O) groups is 1. The highest BCUT2D eigenvalue weighted by Gasteiger charge is 2.13. The standard InChI is InChI=1S/C15H16FNO3S/c1-10-6-7-21-15(10)12(18)8-17-14(19)9-20-13-5-3-2-4-11(13)16/h2-7,12,18H,8-9H2,1H3,(H,17,19)/t12-/m0/s1. The summed E-state index contributed by atoms with van der Waals surface area (Å²) < 4.78 is 18.4. The topological polar surface area (TPSA) is 58.6 Å². The van der Waals surface area contributed by atoms with E-state index in [1.54, 1.807) is 12.1 Å². The number of aliphatic hydroxyl groups excluding tert-OH is 1. The Kier molecular flexibility index (Phi) is 5.30. The van der Waals surface area contributed by atoms with Crippen molar-refractivity contribution in [2.24, 2.45) is 0 Å². The van der Waals surface area contributed by atoms with Crippen LogP contribution in [-0.4, -0.2) is 24.2 Å². The molecule has 0 unspecified atom stereocenters. The van der Waals surface area contributed by atoms with Crippen molar-refractivity contribution in [2.45, 2.75) is 13.0 Å². The second-order valence-corrected chi connectivity index (χ2v) is 5.45. The number of benzene rings is 1. The predicted molar refractivity (Wildman–Crippen MR) is 78.9 cm³/mol. The number of carbonyl (C=O) groups excluding carboxylic acids is 1. The quantitative estimate of drug-likeness (QED) is 0.861. The largest absolute Gasteiger partial charge is 0.481 e. The molecule has 0 fully saturated rings. The van der Waals surface area contributed by atoms with E-state index < -0.39 is 17.8 Å². The van der Waals surface area contributed by atoms with Gasteiger partial charge in [-0.1, -0.05) is 12.1 Å². The molecule has 1 aromatic carbocycles. The molecule has 2 aromatic rings. The highest BCUT2D eigenvalue weighted by atomic mass is 32.1. The molecule has 0 saturated carbocycles. The number of aryl methyl sites for hydroxylation is 1. The maximum Gasteiger partial charge on any atom is 0.258 e. The van der Waals surface area contributed by atoms with Crippen molar-refractivity contribution in [3.8, 4) is 5.75 Å². The van der Waals surface area contributed by atoms with Gasteiger partial charge in [-0.2, -0.15) is 0 Å². The molecule has 0 bridgehead atoms. The normalized spacial score (nSPS) is 12.0. The number of rotatable bonds is 6. The van der Waals surface area contributed by atoms with Crippen LogP contribution in [0.1, 0.15) is 16.5 Å². The SMILES string of the molecule is Cc1ccsc1[C@@H](O)CNC(=O)COc1ccccc1F. The summed E-state index contributed by atoms with van der Waals surface area (Å²) in [5.41, 5.74) is 0.990. The summed E-state index contributed by atoms with van der Waals surface area (Å²) in [6, 6.07) is 7.79. The lowest BCUT2D eigenvalue weighted by molar-refractivity contribution is -0.123. The minimum Gasteiger partial charge on any atom is -0.481 e. The van der Waals surface area contributed by atoms with Gasteiger partial charge < -0.3 is 15.2 Å². The van der Waals surface area contributed by atoms with Crippen molar-refractivity contribution < 1.29 is 19.0 Å². The first-order valence-corrected chi connectivity index (χ1v) is 7.32. The Labute approximate surface area is 126 Å². The van der Waals surface area contributed by atoms with E-state index in [0.717, 1.165) is 10.4 Å². The average molecular weight is 309 g/mol. The van der Waals surface area contributed by atoms with Crippen LogP contribution < -0.4 is 10.1 Å². The van der Waals surface area contributed by atoms with Gasteiger partial charge in [0.15, 0.2) is 18.2 Å². The second-order valence-electron chi connectivity index (χ2n) is 4.51. The number of hydrogen-bond acceptors (Lipinski definition) is 4. The van der Waals surface area contributed by atoms with E-state index in [1.165, 1.54) is 23.5 Å². The summed E-state index contributed by atoms with van der Waals surface area (Å²) in [5.74, 6) is -0.895. The molecule has 2 rings (SSSR count). The van der Waals surface area contributed by atoms with Crippen molar-refractivity contribution in [3.05, 3.63) is 52.0 Å². The van der Waals surface area contributed by atoms with Crippen molar-refractivity contribution in [1.29, 1.82) is 0 Å². The van der Waals surface area contributed by atoms with E-state index in [1.807, 2.05) is 18.4 Å². The molecular formula is C15H16FNO3S. The Balaban J connectivity index is 1.78. The Morgan fingerprint density at radius 2 is 2.19 bits per heavy atom. The van der Waals surface area contributed by atoms with Gasteiger partial charge in [0.1, 0.15) is 6.10 Å². The third-order valence-electron chi connectivity index (χ3n) is 2.89. The van der Waals surface area contributed by atoms with E-state index in [9.17, 15) is 14.3 Å². The van der Waals surface area contributed by atoms with Crippen LogP contribution in [0.5, 0.6) is 5.75 Å². The van der Waals surface area contributed by atoms with Gasteiger partial charge in [-0.05, 0) is 36.1 Å². The Bertz CT molecular complexity index is 614. The van der Waals surface area contributed by atoms with Gasteiger partial charge in [0.25, 0.3) is 5.91 Å². The number of ether oxygens (including phenoxy) is 1. The van der Waals surface area contributed by atoms with Gasteiger partial charge >= 0.3 is 0 Å². The van der Waals surface area contributed by atoms with Gasteiger partial charge in [0.2, 0.25) is 0 Å². The number of para-hydroxylation sites is 1. The molecule has 1 heterocycles. The zero-order valence-electron chi connectivity index (χ0n) is 11.5. The summed E-state index contributed by atoms with van der Waals surface area (Å²) >= 11 is 1.44. The highest BCUT2D eigenvalue weighted by Crippen LogP contribution is 2.23. The van der Waals surface area contributed by atoms with Crippen LogP contribution in [-0.2, 0) is 4.79 Å². The van der Waals surface area contributed by atoms with Crippen LogP contribution >= 0.6 is 11.3 Å². The average Bonchev–Trinajstić information content (AvgIpc) is 2.90. The minimum atomic E-state index is -0.748. The zero-order chi connectivity index (χ0) is 15.2. The smallest absolute Gasteiger partial charge is 0.258 e. The van der Waals surface area contributed by atoms with E-state index >= 15 is 0 Å². The summed E-state index contributed by atoms with van der Waals surface area (Å²) in [6.07, 6.45) is -0.748. The van der Waals surface area contributed by atoms with Crippen LogP contribution in [0.3, 0.4) is 0 Å². The van der Waals surface area contributed by atoms with Crippen molar-refractivity contribution in [1.82, 2.24) is 5.32 Å². The third kappa shape index (κ3) is 4.27. The van der Waals surface area contributed by atoms with Gasteiger partial charge in [-0.25, -0.2) is 4.39 Å². The zero-order valence-corrected chi connectivity index (χ0v) is 12.3. The molecule has 0 spiro atoms. The van der Waals surface area contributed by atoms with E-state index in [0.29, 0.717) is 0 Å². The Morgan fingerprint density at radius 1 is 1.43 bits per heavy atom. The van der Waals surface area contributed by atoms with Gasteiger partial charge in [-0.15, -0.1) is 11.3 Å². The monoisotopic (exact) mass is 309 g/mol. The molecule has 112 valence electrons. The Hall–Kier alpha value is -1.92. The summed E-state index contributed by atoms with van der Waals surface area (Å²) in [7, 11) is 0. The molecule has 1 aromatic heterocycles. The fraction of sp³-hybridized carbons (Fsp3) is 0.267. The molecule has 6 heteroatoms. The van der Waals surface area contributed by atoms with Crippen molar-refractivity contribution in [2.75, 3.05) is 13.2 Å². The van der Waals surface area contributed by atoms with Gasteiger partial charge in [0, 0.05) is 11.4 Å². The fourth-order valence-corrected chi connectivity index (χ4v) is 2.70. The summed E-state index contributed by atoms with van der Waals surface area (Å²) in [5, 5.41) is 14.4. The minimum absolute atomic E-state index is 0.0299. The number of amides is 1. The first kappa shape index (κ1) is 15.5. The lowest BCUT2D eigenvalue weighted by Crippen LogP contribution is -2.32. The molecule has 0 aliphatic rings. The van der Waals surface area contributed by atoms with Crippen molar-refractivity contribution >= 4 is 17.2 Å². The molecule has 1 atom stereocenters. The molecule has 0 aliphatic carbocycles. The molecule has 0 radical (unpaired) electrons.